The predicted molar refractivity (Wildman–Crippen MR) is 88.6 cm³/mol. The first-order valence-corrected chi connectivity index (χ1v) is 7.90. The molecule has 0 fully saturated rings. The molecule has 0 bridgehead atoms. The molecular formula is C17H27N3O. The molecule has 4 heteroatoms. The number of hydrogen-bond donors (Lipinski definition) is 1. The first-order valence-electron chi connectivity index (χ1n) is 7.90. The van der Waals surface area contributed by atoms with Crippen molar-refractivity contribution in [2.24, 2.45) is 5.92 Å². The Bertz CT molecular complexity index is 587. The topological polar surface area (TPSA) is 53.1 Å². The van der Waals surface area contributed by atoms with Crippen LogP contribution in [0.5, 0.6) is 5.75 Å². The average molecular weight is 289 g/mol. The number of para-hydroxylation sites is 1. The number of anilines is 1. The molecule has 0 aliphatic carbocycles. The molecule has 0 spiro atoms. The normalized spacial score (nSPS) is 11.7. The number of nitrogens with zero attached hydrogens (tertiary/aromatic N) is 2. The van der Waals surface area contributed by atoms with Crippen molar-refractivity contribution >= 4 is 17.0 Å². The molecule has 2 N–H and O–H groups in total. The largest absolute Gasteiger partial charge is 0.489 e. The third-order valence-electron chi connectivity index (χ3n) is 3.55. The third-order valence-corrected chi connectivity index (χ3v) is 3.55. The van der Waals surface area contributed by atoms with Crippen molar-refractivity contribution < 1.29 is 4.74 Å². The van der Waals surface area contributed by atoms with Crippen LogP contribution >= 0.6 is 0 Å². The fraction of sp³-hybridized carbons (Fsp3) is 0.588. The number of fused-ring (bicyclic) bond motifs is 1. The molecule has 0 aliphatic rings. The van der Waals surface area contributed by atoms with Gasteiger partial charge in [0.15, 0.2) is 0 Å². The van der Waals surface area contributed by atoms with Gasteiger partial charge in [0.2, 0.25) is 5.95 Å². The Balaban J connectivity index is 2.18. The molecule has 2 rings (SSSR count). The van der Waals surface area contributed by atoms with E-state index >= 15 is 0 Å². The third kappa shape index (κ3) is 3.90. The second-order valence-electron chi connectivity index (χ2n) is 6.30. The minimum Gasteiger partial charge on any atom is -0.489 e. The second kappa shape index (κ2) is 6.83. The van der Waals surface area contributed by atoms with E-state index in [2.05, 4.69) is 29.5 Å². The number of unbranched alkanes of at least 4 members (excludes halogenated alkanes) is 1. The van der Waals surface area contributed by atoms with Crippen LogP contribution in [-0.4, -0.2) is 15.7 Å². The highest BCUT2D eigenvalue weighted by atomic mass is 16.5. The van der Waals surface area contributed by atoms with Crippen LogP contribution in [0.25, 0.3) is 11.0 Å². The molecule has 0 saturated heterocycles. The quantitative estimate of drug-likeness (QED) is 0.776. The SMILES string of the molecule is CC(C)CCCCn1c(N)nc2c(OC(C)C)cccc21. The van der Waals surface area contributed by atoms with Crippen molar-refractivity contribution in [1.82, 2.24) is 9.55 Å². The van der Waals surface area contributed by atoms with Crippen LogP contribution in [0.4, 0.5) is 5.95 Å². The number of aromatic nitrogens is 2. The van der Waals surface area contributed by atoms with E-state index in [0.717, 1.165) is 35.7 Å². The summed E-state index contributed by atoms with van der Waals surface area (Å²) in [5.74, 6) is 2.15. The van der Waals surface area contributed by atoms with Gasteiger partial charge in [-0.15, -0.1) is 0 Å². The van der Waals surface area contributed by atoms with Gasteiger partial charge in [-0.2, -0.15) is 0 Å². The molecule has 0 amide bonds. The predicted octanol–water partition coefficient (Wildman–Crippen LogP) is 4.23. The lowest BCUT2D eigenvalue weighted by molar-refractivity contribution is 0.245. The van der Waals surface area contributed by atoms with Gasteiger partial charge in [-0.3, -0.25) is 0 Å². The van der Waals surface area contributed by atoms with Crippen molar-refractivity contribution in [3.8, 4) is 5.75 Å². The van der Waals surface area contributed by atoms with Crippen LogP contribution < -0.4 is 10.5 Å². The number of nitrogen functional groups attached to an aromatic ring is 1. The Morgan fingerprint density at radius 2 is 1.95 bits per heavy atom. The molecule has 0 aliphatic heterocycles. The molecule has 21 heavy (non-hydrogen) atoms. The first kappa shape index (κ1) is 15.7. The Labute approximate surface area is 127 Å². The molecule has 4 nitrogen and oxygen atoms in total. The van der Waals surface area contributed by atoms with E-state index in [1.807, 2.05) is 26.0 Å². The molecule has 1 aromatic heterocycles. The second-order valence-corrected chi connectivity index (χ2v) is 6.30. The maximum Gasteiger partial charge on any atom is 0.201 e. The minimum absolute atomic E-state index is 0.132. The zero-order chi connectivity index (χ0) is 15.4. The van der Waals surface area contributed by atoms with Crippen molar-refractivity contribution in [2.45, 2.75) is 59.6 Å². The van der Waals surface area contributed by atoms with Gasteiger partial charge in [-0.25, -0.2) is 4.98 Å². The van der Waals surface area contributed by atoms with E-state index < -0.39 is 0 Å². The summed E-state index contributed by atoms with van der Waals surface area (Å²) >= 11 is 0. The van der Waals surface area contributed by atoms with Gasteiger partial charge in [0, 0.05) is 6.54 Å². The molecule has 0 unspecified atom stereocenters. The zero-order valence-electron chi connectivity index (χ0n) is 13.6. The maximum atomic E-state index is 6.09. The summed E-state index contributed by atoms with van der Waals surface area (Å²) < 4.78 is 7.92. The van der Waals surface area contributed by atoms with E-state index in [-0.39, 0.29) is 6.10 Å². The highest BCUT2D eigenvalue weighted by Crippen LogP contribution is 2.28. The zero-order valence-corrected chi connectivity index (χ0v) is 13.6. The van der Waals surface area contributed by atoms with Crippen LogP contribution in [0.1, 0.15) is 47.0 Å². The van der Waals surface area contributed by atoms with Gasteiger partial charge in [0.1, 0.15) is 11.3 Å². The summed E-state index contributed by atoms with van der Waals surface area (Å²) in [7, 11) is 0. The highest BCUT2D eigenvalue weighted by Gasteiger charge is 2.13. The molecule has 2 aromatic rings. The molecule has 0 radical (unpaired) electrons. The molecule has 1 aromatic carbocycles. The van der Waals surface area contributed by atoms with Gasteiger partial charge in [-0.1, -0.05) is 32.8 Å². The molecule has 1 heterocycles. The molecule has 116 valence electrons. The van der Waals surface area contributed by atoms with Crippen LogP contribution in [0.3, 0.4) is 0 Å². The molecular weight excluding hydrogens is 262 g/mol. The Hall–Kier alpha value is -1.71. The number of rotatable bonds is 7. The number of imidazole rings is 1. The van der Waals surface area contributed by atoms with Gasteiger partial charge >= 0.3 is 0 Å². The van der Waals surface area contributed by atoms with Crippen molar-refractivity contribution in [3.05, 3.63) is 18.2 Å². The Morgan fingerprint density at radius 1 is 1.19 bits per heavy atom. The number of hydrogen-bond acceptors (Lipinski definition) is 3. The highest BCUT2D eigenvalue weighted by molar-refractivity contribution is 5.84. The Morgan fingerprint density at radius 3 is 2.62 bits per heavy atom. The standard InChI is InChI=1S/C17H27N3O/c1-12(2)8-5-6-11-20-14-9-7-10-15(21-13(3)4)16(14)19-17(20)18/h7,9-10,12-13H,5-6,8,11H2,1-4H3,(H2,18,19). The van der Waals surface area contributed by atoms with Gasteiger partial charge < -0.3 is 15.0 Å². The fourth-order valence-corrected chi connectivity index (χ4v) is 2.55. The molecule has 0 saturated carbocycles. The van der Waals surface area contributed by atoms with Crippen LogP contribution in [0.15, 0.2) is 18.2 Å². The summed E-state index contributed by atoms with van der Waals surface area (Å²) in [4.78, 5) is 4.50. The van der Waals surface area contributed by atoms with Gasteiger partial charge in [0.05, 0.1) is 11.6 Å². The summed E-state index contributed by atoms with van der Waals surface area (Å²) in [6.07, 6.45) is 3.74. The maximum absolute atomic E-state index is 6.09. The van der Waals surface area contributed by atoms with E-state index in [9.17, 15) is 0 Å². The van der Waals surface area contributed by atoms with Crippen LogP contribution in [0, 0.1) is 5.92 Å². The van der Waals surface area contributed by atoms with Crippen LogP contribution in [-0.2, 0) is 6.54 Å². The van der Waals surface area contributed by atoms with Crippen molar-refractivity contribution in [2.75, 3.05) is 5.73 Å². The summed E-state index contributed by atoms with van der Waals surface area (Å²) in [6, 6.07) is 6.03. The van der Waals surface area contributed by atoms with E-state index in [0.29, 0.717) is 5.95 Å². The number of nitrogens with two attached hydrogens (primary N) is 1. The molecule has 0 atom stereocenters. The number of aryl methyl sites for hydroxylation is 1. The Kier molecular flexibility index (Phi) is 5.10. The van der Waals surface area contributed by atoms with E-state index in [1.165, 1.54) is 12.8 Å². The van der Waals surface area contributed by atoms with Crippen molar-refractivity contribution in [1.29, 1.82) is 0 Å². The van der Waals surface area contributed by atoms with E-state index in [1.54, 1.807) is 0 Å². The lowest BCUT2D eigenvalue weighted by atomic mass is 10.1. The fourth-order valence-electron chi connectivity index (χ4n) is 2.55. The number of benzene rings is 1. The average Bonchev–Trinajstić information content (AvgIpc) is 2.71. The minimum atomic E-state index is 0.132. The summed E-state index contributed by atoms with van der Waals surface area (Å²) in [5.41, 5.74) is 8.02. The lowest BCUT2D eigenvalue weighted by Gasteiger charge is -2.10. The lowest BCUT2D eigenvalue weighted by Crippen LogP contribution is -2.06. The first-order chi connectivity index (χ1) is 9.99. The van der Waals surface area contributed by atoms with Gasteiger partial charge in [0.25, 0.3) is 0 Å². The van der Waals surface area contributed by atoms with Gasteiger partial charge in [-0.05, 0) is 38.3 Å². The van der Waals surface area contributed by atoms with E-state index in [4.69, 9.17) is 10.5 Å². The summed E-state index contributed by atoms with van der Waals surface area (Å²) in [6.45, 7) is 9.48. The van der Waals surface area contributed by atoms with Crippen molar-refractivity contribution in [3.63, 3.8) is 0 Å². The summed E-state index contributed by atoms with van der Waals surface area (Å²) in [5, 5.41) is 0. The van der Waals surface area contributed by atoms with Crippen LogP contribution in [0.2, 0.25) is 0 Å². The smallest absolute Gasteiger partial charge is 0.201 e. The number of ether oxygens (including phenoxy) is 1. The monoisotopic (exact) mass is 289 g/mol.